The molecule has 3 aromatic rings. The van der Waals surface area contributed by atoms with Gasteiger partial charge in [0.05, 0.1) is 5.52 Å². The molecule has 0 bridgehead atoms. The quantitative estimate of drug-likeness (QED) is 0.651. The number of benzene rings is 1. The van der Waals surface area contributed by atoms with E-state index in [0.717, 1.165) is 61.1 Å². The summed E-state index contributed by atoms with van der Waals surface area (Å²) < 4.78 is 5.21. The Morgan fingerprint density at radius 2 is 1.81 bits per heavy atom. The Bertz CT molecular complexity index is 1040. The molecule has 1 aliphatic heterocycles. The molecule has 0 unspecified atom stereocenters. The molecule has 9 nitrogen and oxygen atoms in total. The Morgan fingerprint density at radius 3 is 2.58 bits per heavy atom. The first kappa shape index (κ1) is 19.5. The summed E-state index contributed by atoms with van der Waals surface area (Å²) in [5, 5.41) is 12.1. The number of rotatable bonds is 6. The number of piperazine rings is 1. The molecule has 1 N–H and O–H groups in total. The number of aromatic nitrogens is 4. The zero-order chi connectivity index (χ0) is 21.0. The van der Waals surface area contributed by atoms with Crippen molar-refractivity contribution in [3.05, 3.63) is 42.7 Å². The van der Waals surface area contributed by atoms with E-state index in [1.54, 1.807) is 12.4 Å². The largest absolute Gasteiger partial charge is 0.413 e. The summed E-state index contributed by atoms with van der Waals surface area (Å²) in [6, 6.07) is 11.6. The number of carbonyl (C=O) groups excluding carboxylic acids is 1. The number of carbonyl (C=O) groups is 1. The summed E-state index contributed by atoms with van der Waals surface area (Å²) in [7, 11) is 0. The van der Waals surface area contributed by atoms with Crippen LogP contribution in [0, 0.1) is 5.92 Å². The van der Waals surface area contributed by atoms with Crippen molar-refractivity contribution in [1.82, 2.24) is 25.5 Å². The maximum atomic E-state index is 11.8. The summed E-state index contributed by atoms with van der Waals surface area (Å²) in [5.74, 6) is 2.72. The third-order valence-electron chi connectivity index (χ3n) is 5.77. The van der Waals surface area contributed by atoms with Crippen LogP contribution in [0.15, 0.2) is 42.7 Å². The van der Waals surface area contributed by atoms with Gasteiger partial charge in [-0.15, -0.1) is 10.2 Å². The lowest BCUT2D eigenvalue weighted by atomic mass is 10.2. The molecule has 31 heavy (non-hydrogen) atoms. The first-order valence-corrected chi connectivity index (χ1v) is 10.8. The van der Waals surface area contributed by atoms with E-state index in [2.05, 4.69) is 41.3 Å². The van der Waals surface area contributed by atoms with Crippen molar-refractivity contribution in [1.29, 1.82) is 0 Å². The molecule has 1 amide bonds. The van der Waals surface area contributed by atoms with Crippen LogP contribution in [-0.2, 0) is 0 Å². The van der Waals surface area contributed by atoms with E-state index < -0.39 is 6.09 Å². The summed E-state index contributed by atoms with van der Waals surface area (Å²) in [4.78, 5) is 25.1. The average Bonchev–Trinajstić information content (AvgIpc) is 3.64. The lowest BCUT2D eigenvalue weighted by molar-refractivity contribution is 0.198. The third kappa shape index (κ3) is 4.65. The highest BCUT2D eigenvalue weighted by Gasteiger charge is 2.22. The molecule has 1 saturated heterocycles. The lowest BCUT2D eigenvalue weighted by Gasteiger charge is -2.36. The fraction of sp³-hybridized carbons (Fsp3) is 0.409. The molecule has 0 radical (unpaired) electrons. The van der Waals surface area contributed by atoms with Crippen LogP contribution < -0.4 is 19.9 Å². The van der Waals surface area contributed by atoms with Gasteiger partial charge in [-0.05, 0) is 30.5 Å². The molecule has 5 rings (SSSR count). The van der Waals surface area contributed by atoms with Crippen LogP contribution >= 0.6 is 0 Å². The number of ether oxygens (including phenoxy) is 1. The second-order valence-corrected chi connectivity index (χ2v) is 7.97. The Morgan fingerprint density at radius 1 is 1.00 bits per heavy atom. The third-order valence-corrected chi connectivity index (χ3v) is 5.77. The Kier molecular flexibility index (Phi) is 5.47. The molecule has 1 aromatic carbocycles. The van der Waals surface area contributed by atoms with Gasteiger partial charge in [-0.1, -0.05) is 25.0 Å². The van der Waals surface area contributed by atoms with Crippen molar-refractivity contribution in [2.75, 3.05) is 42.5 Å². The van der Waals surface area contributed by atoms with Gasteiger partial charge in [-0.2, -0.15) is 0 Å². The van der Waals surface area contributed by atoms with E-state index in [4.69, 9.17) is 4.74 Å². The minimum Gasteiger partial charge on any atom is -0.390 e. The molecule has 9 heteroatoms. The van der Waals surface area contributed by atoms with Crippen LogP contribution in [0.3, 0.4) is 0 Å². The van der Waals surface area contributed by atoms with Crippen LogP contribution in [0.1, 0.15) is 19.3 Å². The number of fused-ring (bicyclic) bond motifs is 1. The molecule has 0 atom stereocenters. The fourth-order valence-electron chi connectivity index (χ4n) is 3.84. The number of hydrogen-bond donors (Lipinski definition) is 1. The van der Waals surface area contributed by atoms with Gasteiger partial charge in [0.2, 0.25) is 5.88 Å². The van der Waals surface area contributed by atoms with Gasteiger partial charge in [0.15, 0.2) is 5.82 Å². The van der Waals surface area contributed by atoms with E-state index in [9.17, 15) is 4.79 Å². The zero-order valence-corrected chi connectivity index (χ0v) is 17.3. The molecule has 1 aliphatic carbocycles. The van der Waals surface area contributed by atoms with Gasteiger partial charge in [0.25, 0.3) is 0 Å². The van der Waals surface area contributed by atoms with E-state index in [-0.39, 0.29) is 5.88 Å². The monoisotopic (exact) mass is 419 g/mol. The molecular formula is C22H25N7O2. The van der Waals surface area contributed by atoms with Crippen LogP contribution in [0.25, 0.3) is 10.9 Å². The normalized spacial score (nSPS) is 16.4. The number of anilines is 2. The van der Waals surface area contributed by atoms with Crippen LogP contribution in [0.5, 0.6) is 5.88 Å². The Hall–Kier alpha value is -3.49. The van der Waals surface area contributed by atoms with Crippen molar-refractivity contribution in [2.24, 2.45) is 5.92 Å². The molecular weight excluding hydrogens is 394 g/mol. The summed E-state index contributed by atoms with van der Waals surface area (Å²) in [5.41, 5.74) is 0.952. The molecule has 2 aromatic heterocycles. The van der Waals surface area contributed by atoms with Gasteiger partial charge >= 0.3 is 6.09 Å². The predicted molar refractivity (Wildman–Crippen MR) is 117 cm³/mol. The molecule has 2 aliphatic rings. The second kappa shape index (κ2) is 8.71. The lowest BCUT2D eigenvalue weighted by Crippen LogP contribution is -2.47. The maximum Gasteiger partial charge on any atom is 0.413 e. The topological polar surface area (TPSA) is 96.4 Å². The SMILES string of the molecule is O=C(NCCC1CC1)Oc1ccc(N2CCN(c3ncnc4ccccc34)CC2)nn1. The number of nitrogens with zero attached hydrogens (tertiary/aromatic N) is 6. The maximum absolute atomic E-state index is 11.8. The highest BCUT2D eigenvalue weighted by Crippen LogP contribution is 2.31. The molecule has 2 fully saturated rings. The van der Waals surface area contributed by atoms with Crippen LogP contribution in [-0.4, -0.2) is 59.0 Å². The fourth-order valence-corrected chi connectivity index (χ4v) is 3.84. The van der Waals surface area contributed by atoms with Crippen LogP contribution in [0.2, 0.25) is 0 Å². The average molecular weight is 419 g/mol. The minimum absolute atomic E-state index is 0.207. The van der Waals surface area contributed by atoms with Crippen molar-refractivity contribution in [2.45, 2.75) is 19.3 Å². The molecule has 3 heterocycles. The standard InChI is InChI=1S/C22H25N7O2/c30-22(23-10-9-16-5-6-16)31-20-8-7-19(26-27-20)28-11-13-29(14-12-28)21-17-3-1-2-4-18(17)24-15-25-21/h1-4,7-8,15-16H,5-6,9-14H2,(H,23,30). The minimum atomic E-state index is -0.478. The molecule has 0 spiro atoms. The van der Waals surface area contributed by atoms with Crippen molar-refractivity contribution >= 4 is 28.6 Å². The highest BCUT2D eigenvalue weighted by atomic mass is 16.6. The van der Waals surface area contributed by atoms with E-state index >= 15 is 0 Å². The van der Waals surface area contributed by atoms with Crippen LogP contribution in [0.4, 0.5) is 16.4 Å². The molecule has 1 saturated carbocycles. The van der Waals surface area contributed by atoms with Crippen molar-refractivity contribution < 1.29 is 9.53 Å². The van der Waals surface area contributed by atoms with Gasteiger partial charge in [-0.3, -0.25) is 0 Å². The van der Waals surface area contributed by atoms with E-state index in [1.807, 2.05) is 24.3 Å². The zero-order valence-electron chi connectivity index (χ0n) is 17.3. The summed E-state index contributed by atoms with van der Waals surface area (Å²) in [6.07, 6.45) is 4.70. The van der Waals surface area contributed by atoms with Gasteiger partial charge < -0.3 is 19.9 Å². The Balaban J connectivity index is 1.15. The highest BCUT2D eigenvalue weighted by molar-refractivity contribution is 5.89. The van der Waals surface area contributed by atoms with Gasteiger partial charge in [-0.25, -0.2) is 14.8 Å². The number of amides is 1. The Labute approximate surface area is 180 Å². The second-order valence-electron chi connectivity index (χ2n) is 7.97. The predicted octanol–water partition coefficient (Wildman–Crippen LogP) is 2.63. The van der Waals surface area contributed by atoms with Gasteiger partial charge in [0.1, 0.15) is 12.1 Å². The van der Waals surface area contributed by atoms with Crippen molar-refractivity contribution in [3.63, 3.8) is 0 Å². The smallest absolute Gasteiger partial charge is 0.390 e. The summed E-state index contributed by atoms with van der Waals surface area (Å²) >= 11 is 0. The number of para-hydroxylation sites is 1. The summed E-state index contributed by atoms with van der Waals surface area (Å²) in [6.45, 7) is 3.89. The van der Waals surface area contributed by atoms with Gasteiger partial charge in [0, 0.05) is 44.2 Å². The number of hydrogen-bond acceptors (Lipinski definition) is 8. The first-order chi connectivity index (χ1) is 15.3. The van der Waals surface area contributed by atoms with E-state index in [1.165, 1.54) is 12.8 Å². The van der Waals surface area contributed by atoms with Crippen molar-refractivity contribution in [3.8, 4) is 5.88 Å². The first-order valence-electron chi connectivity index (χ1n) is 10.8. The van der Waals surface area contributed by atoms with E-state index in [0.29, 0.717) is 6.54 Å². The number of nitrogens with one attached hydrogen (secondary N) is 1. The molecule has 160 valence electrons.